The highest BCUT2D eigenvalue weighted by Crippen LogP contribution is 2.25. The minimum atomic E-state index is -3.64. The Morgan fingerprint density at radius 1 is 1.10 bits per heavy atom. The number of fused-ring (bicyclic) bond motifs is 1. The van der Waals surface area contributed by atoms with Gasteiger partial charge in [-0.1, -0.05) is 44.2 Å². The van der Waals surface area contributed by atoms with Crippen LogP contribution in [0.25, 0.3) is 0 Å². The van der Waals surface area contributed by atoms with Crippen molar-refractivity contribution in [3.63, 3.8) is 0 Å². The molecule has 2 aliphatic heterocycles. The molecule has 0 saturated carbocycles. The van der Waals surface area contributed by atoms with Gasteiger partial charge in [-0.3, -0.25) is 14.5 Å². The maximum absolute atomic E-state index is 13.0. The molecule has 0 radical (unpaired) electrons. The van der Waals surface area contributed by atoms with Crippen LogP contribution in [0.1, 0.15) is 37.8 Å². The van der Waals surface area contributed by atoms with Crippen LogP contribution in [0.4, 0.5) is 5.69 Å². The summed E-state index contributed by atoms with van der Waals surface area (Å²) in [6, 6.07) is 14.1. The molecule has 8 heteroatoms. The molecule has 31 heavy (non-hydrogen) atoms. The number of carbonyl (C=O) groups is 1. The van der Waals surface area contributed by atoms with E-state index in [1.54, 1.807) is 24.3 Å². The number of anilines is 1. The highest BCUT2D eigenvalue weighted by atomic mass is 32.2. The van der Waals surface area contributed by atoms with Crippen molar-refractivity contribution in [3.05, 3.63) is 59.7 Å². The second-order valence-electron chi connectivity index (χ2n) is 8.31. The average molecular weight is 441 g/mol. The summed E-state index contributed by atoms with van der Waals surface area (Å²) in [4.78, 5) is 20.1. The van der Waals surface area contributed by atoms with Crippen LogP contribution in [0.15, 0.2) is 58.4 Å². The van der Waals surface area contributed by atoms with Gasteiger partial charge in [0, 0.05) is 30.9 Å². The van der Waals surface area contributed by atoms with E-state index in [2.05, 4.69) is 26.0 Å². The van der Waals surface area contributed by atoms with Gasteiger partial charge in [-0.05, 0) is 42.5 Å². The Morgan fingerprint density at radius 2 is 1.77 bits per heavy atom. The van der Waals surface area contributed by atoms with E-state index in [9.17, 15) is 13.2 Å². The Morgan fingerprint density at radius 3 is 2.52 bits per heavy atom. The van der Waals surface area contributed by atoms with Crippen LogP contribution >= 0.6 is 0 Å². The molecule has 0 aliphatic carbocycles. The highest BCUT2D eigenvalue weighted by Gasteiger charge is 2.32. The molecule has 2 aromatic rings. The van der Waals surface area contributed by atoms with Crippen molar-refractivity contribution in [2.45, 2.75) is 44.2 Å². The van der Waals surface area contributed by atoms with Gasteiger partial charge >= 0.3 is 0 Å². The Kier molecular flexibility index (Phi) is 6.00. The monoisotopic (exact) mass is 440 g/mol. The third-order valence-corrected chi connectivity index (χ3v) is 7.12. The zero-order chi connectivity index (χ0) is 22.0. The SMILES string of the molecule is CC(C)[C@H](N=C1NS(=O)(=O)c2ccccc21)C(=O)NCc1ccccc1N1CCCC1. The van der Waals surface area contributed by atoms with E-state index in [0.717, 1.165) is 24.3 Å². The van der Waals surface area contributed by atoms with Crippen LogP contribution in [0.5, 0.6) is 0 Å². The second kappa shape index (κ2) is 8.70. The molecule has 2 aliphatic rings. The largest absolute Gasteiger partial charge is 0.371 e. The summed E-state index contributed by atoms with van der Waals surface area (Å²) in [5.74, 6) is -0.0946. The van der Waals surface area contributed by atoms with Crippen molar-refractivity contribution in [3.8, 4) is 0 Å². The minimum absolute atomic E-state index is 0.0985. The van der Waals surface area contributed by atoms with Crippen molar-refractivity contribution >= 4 is 27.5 Å². The van der Waals surface area contributed by atoms with Crippen LogP contribution in [0.3, 0.4) is 0 Å². The maximum Gasteiger partial charge on any atom is 0.263 e. The van der Waals surface area contributed by atoms with E-state index in [1.165, 1.54) is 12.8 Å². The summed E-state index contributed by atoms with van der Waals surface area (Å²) >= 11 is 0. The first-order valence-corrected chi connectivity index (χ1v) is 12.2. The molecule has 1 saturated heterocycles. The van der Waals surface area contributed by atoms with E-state index < -0.39 is 16.1 Å². The fraction of sp³-hybridized carbons (Fsp3) is 0.391. The second-order valence-corrected chi connectivity index (χ2v) is 9.96. The number of aliphatic imine (C=N–C) groups is 1. The molecule has 1 atom stereocenters. The van der Waals surface area contributed by atoms with E-state index >= 15 is 0 Å². The van der Waals surface area contributed by atoms with Crippen LogP contribution in [0, 0.1) is 5.92 Å². The molecule has 164 valence electrons. The highest BCUT2D eigenvalue weighted by molar-refractivity contribution is 7.90. The summed E-state index contributed by atoms with van der Waals surface area (Å²) in [5.41, 5.74) is 2.73. The number of para-hydroxylation sites is 1. The van der Waals surface area contributed by atoms with E-state index in [1.807, 2.05) is 32.0 Å². The van der Waals surface area contributed by atoms with Gasteiger partial charge in [0.05, 0.1) is 4.90 Å². The lowest BCUT2D eigenvalue weighted by Crippen LogP contribution is -2.38. The number of hydrogen-bond acceptors (Lipinski definition) is 5. The van der Waals surface area contributed by atoms with Gasteiger partial charge in [0.2, 0.25) is 5.91 Å². The number of sulfonamides is 1. The smallest absolute Gasteiger partial charge is 0.263 e. The van der Waals surface area contributed by atoms with Gasteiger partial charge in [-0.15, -0.1) is 0 Å². The first-order valence-electron chi connectivity index (χ1n) is 10.7. The molecular weight excluding hydrogens is 412 g/mol. The van der Waals surface area contributed by atoms with Crippen molar-refractivity contribution in [2.75, 3.05) is 18.0 Å². The zero-order valence-corrected chi connectivity index (χ0v) is 18.7. The summed E-state index contributed by atoms with van der Waals surface area (Å²) in [6.45, 7) is 6.28. The predicted octanol–water partition coefficient (Wildman–Crippen LogP) is 2.67. The lowest BCUT2D eigenvalue weighted by atomic mass is 10.0. The lowest BCUT2D eigenvalue weighted by molar-refractivity contribution is -0.123. The van der Waals surface area contributed by atoms with Gasteiger partial charge < -0.3 is 10.2 Å². The van der Waals surface area contributed by atoms with E-state index in [0.29, 0.717) is 12.1 Å². The molecule has 7 nitrogen and oxygen atoms in total. The number of nitrogens with zero attached hydrogens (tertiary/aromatic N) is 2. The van der Waals surface area contributed by atoms with Crippen LogP contribution in [-0.2, 0) is 21.4 Å². The summed E-state index contributed by atoms with van der Waals surface area (Å²) < 4.78 is 27.2. The van der Waals surface area contributed by atoms with Crippen LogP contribution in [0.2, 0.25) is 0 Å². The molecule has 2 heterocycles. The number of hydrogen-bond donors (Lipinski definition) is 2. The summed E-state index contributed by atoms with van der Waals surface area (Å²) in [6.07, 6.45) is 2.37. The fourth-order valence-electron chi connectivity index (χ4n) is 4.09. The predicted molar refractivity (Wildman–Crippen MR) is 122 cm³/mol. The van der Waals surface area contributed by atoms with Crippen molar-refractivity contribution < 1.29 is 13.2 Å². The zero-order valence-electron chi connectivity index (χ0n) is 17.8. The minimum Gasteiger partial charge on any atom is -0.371 e. The van der Waals surface area contributed by atoms with Gasteiger partial charge in [-0.25, -0.2) is 8.42 Å². The lowest BCUT2D eigenvalue weighted by Gasteiger charge is -2.22. The molecule has 2 N–H and O–H groups in total. The maximum atomic E-state index is 13.0. The Bertz CT molecular complexity index is 1110. The Labute approximate surface area is 183 Å². The standard InChI is InChI=1S/C23H28N4O3S/c1-16(2)21(25-22-18-10-4-6-12-20(18)31(29,30)26-22)23(28)24-15-17-9-3-5-11-19(17)27-13-7-8-14-27/h3-6,9-12,16,21H,7-8,13-15H2,1-2H3,(H,24,28)(H,25,26)/t21-/m0/s1. The van der Waals surface area contributed by atoms with Gasteiger partial charge in [-0.2, -0.15) is 0 Å². The molecule has 1 fully saturated rings. The van der Waals surface area contributed by atoms with E-state index in [-0.39, 0.29) is 22.6 Å². The average Bonchev–Trinajstić information content (AvgIpc) is 3.37. The summed E-state index contributed by atoms with van der Waals surface area (Å²) in [5, 5.41) is 3.01. The van der Waals surface area contributed by atoms with Crippen molar-refractivity contribution in [1.82, 2.24) is 10.0 Å². The molecular formula is C23H28N4O3S. The van der Waals surface area contributed by atoms with Crippen LogP contribution < -0.4 is 14.9 Å². The number of rotatable bonds is 6. The molecule has 0 unspecified atom stereocenters. The van der Waals surface area contributed by atoms with Crippen molar-refractivity contribution in [2.24, 2.45) is 10.9 Å². The molecule has 0 aromatic heterocycles. The van der Waals surface area contributed by atoms with Gasteiger partial charge in [0.25, 0.3) is 10.0 Å². The fourth-order valence-corrected chi connectivity index (χ4v) is 5.33. The Balaban J connectivity index is 1.53. The van der Waals surface area contributed by atoms with Crippen LogP contribution in [-0.4, -0.2) is 39.3 Å². The molecule has 1 amide bonds. The number of amidine groups is 1. The molecule has 2 aromatic carbocycles. The first-order chi connectivity index (χ1) is 14.9. The third-order valence-electron chi connectivity index (χ3n) is 5.72. The number of carbonyl (C=O) groups excluding carboxylic acids is 1. The molecule has 4 rings (SSSR count). The van der Waals surface area contributed by atoms with Crippen molar-refractivity contribution in [1.29, 1.82) is 0 Å². The molecule has 0 spiro atoms. The number of amides is 1. The Hall–Kier alpha value is -2.87. The summed E-state index contributed by atoms with van der Waals surface area (Å²) in [7, 11) is -3.64. The number of benzene rings is 2. The molecule has 0 bridgehead atoms. The topological polar surface area (TPSA) is 90.9 Å². The van der Waals surface area contributed by atoms with Gasteiger partial charge in [0.1, 0.15) is 11.9 Å². The quantitative estimate of drug-likeness (QED) is 0.723. The first kappa shape index (κ1) is 21.4. The number of nitrogens with one attached hydrogen (secondary N) is 2. The third kappa shape index (κ3) is 4.44. The normalized spacial score (nSPS) is 19.3. The van der Waals surface area contributed by atoms with E-state index in [4.69, 9.17) is 0 Å². The van der Waals surface area contributed by atoms with Gasteiger partial charge in [0.15, 0.2) is 0 Å².